The van der Waals surface area contributed by atoms with Gasteiger partial charge in [-0.1, -0.05) is 6.42 Å². The lowest BCUT2D eigenvalue weighted by molar-refractivity contribution is 0.0902. The van der Waals surface area contributed by atoms with Crippen molar-refractivity contribution in [3.8, 4) is 0 Å². The van der Waals surface area contributed by atoms with E-state index in [0.717, 1.165) is 62.1 Å². The molecule has 1 aromatic carbocycles. The molecule has 0 saturated carbocycles. The van der Waals surface area contributed by atoms with Crippen molar-refractivity contribution in [3.63, 3.8) is 0 Å². The number of aromatic amines is 1. The van der Waals surface area contributed by atoms with Crippen molar-refractivity contribution < 1.29 is 4.74 Å². The highest BCUT2D eigenvalue weighted by atomic mass is 16.5. The summed E-state index contributed by atoms with van der Waals surface area (Å²) in [6, 6.07) is 5.96. The topological polar surface area (TPSA) is 88.9 Å². The Morgan fingerprint density at radius 1 is 1.13 bits per heavy atom. The van der Waals surface area contributed by atoms with Crippen molar-refractivity contribution in [2.75, 3.05) is 19.7 Å². The van der Waals surface area contributed by atoms with E-state index in [1.54, 1.807) is 0 Å². The lowest BCUT2D eigenvalue weighted by Crippen LogP contribution is -2.39. The third-order valence-electron chi connectivity index (χ3n) is 6.74. The Kier molecular flexibility index (Phi) is 5.58. The van der Waals surface area contributed by atoms with Crippen molar-refractivity contribution in [1.29, 1.82) is 0 Å². The first-order valence-electron chi connectivity index (χ1n) is 11.4. The van der Waals surface area contributed by atoms with Gasteiger partial charge in [-0.15, -0.1) is 5.10 Å². The van der Waals surface area contributed by atoms with E-state index in [-0.39, 0.29) is 17.7 Å². The van der Waals surface area contributed by atoms with Crippen LogP contribution >= 0.6 is 0 Å². The SMILES string of the molecule is Cc1cc2cc([C@H](c3nnnn3C[C@H]3CCCO3)N3CCCCC3)c(=O)[nH]c2cc1C. The summed E-state index contributed by atoms with van der Waals surface area (Å²) in [5, 5.41) is 13.7. The number of H-pyrrole nitrogens is 1. The minimum atomic E-state index is -0.272. The van der Waals surface area contributed by atoms with Crippen LogP contribution < -0.4 is 5.56 Å². The number of pyridine rings is 1. The van der Waals surface area contributed by atoms with Gasteiger partial charge in [0.2, 0.25) is 0 Å². The summed E-state index contributed by atoms with van der Waals surface area (Å²) < 4.78 is 7.67. The highest BCUT2D eigenvalue weighted by molar-refractivity contribution is 5.81. The van der Waals surface area contributed by atoms with Crippen molar-refractivity contribution in [1.82, 2.24) is 30.1 Å². The Balaban J connectivity index is 1.61. The third kappa shape index (κ3) is 4.02. The van der Waals surface area contributed by atoms with E-state index in [1.807, 2.05) is 16.8 Å². The number of benzene rings is 1. The maximum atomic E-state index is 13.3. The van der Waals surface area contributed by atoms with Gasteiger partial charge in [0.25, 0.3) is 5.56 Å². The number of ether oxygens (including phenoxy) is 1. The van der Waals surface area contributed by atoms with Crippen LogP contribution in [0, 0.1) is 13.8 Å². The fraction of sp³-hybridized carbons (Fsp3) is 0.565. The number of hydrogen-bond acceptors (Lipinski definition) is 6. The van der Waals surface area contributed by atoms with Gasteiger partial charge in [-0.3, -0.25) is 9.69 Å². The molecule has 2 atom stereocenters. The molecule has 0 aliphatic carbocycles. The second-order valence-electron chi connectivity index (χ2n) is 8.93. The van der Waals surface area contributed by atoms with E-state index >= 15 is 0 Å². The van der Waals surface area contributed by atoms with Crippen molar-refractivity contribution in [2.45, 2.75) is 64.6 Å². The van der Waals surface area contributed by atoms with Crippen LogP contribution in [0.5, 0.6) is 0 Å². The molecule has 164 valence electrons. The van der Waals surface area contributed by atoms with E-state index in [4.69, 9.17) is 4.74 Å². The number of rotatable bonds is 5. The quantitative estimate of drug-likeness (QED) is 0.680. The third-order valence-corrected chi connectivity index (χ3v) is 6.74. The molecule has 0 amide bonds. The van der Waals surface area contributed by atoms with Crippen LogP contribution in [0.1, 0.15) is 60.7 Å². The summed E-state index contributed by atoms with van der Waals surface area (Å²) in [7, 11) is 0. The summed E-state index contributed by atoms with van der Waals surface area (Å²) in [5.41, 5.74) is 3.89. The molecule has 0 unspecified atom stereocenters. The van der Waals surface area contributed by atoms with E-state index in [9.17, 15) is 4.79 Å². The minimum absolute atomic E-state index is 0.0713. The molecule has 2 aliphatic heterocycles. The molecule has 2 aromatic heterocycles. The number of aromatic nitrogens is 5. The Labute approximate surface area is 181 Å². The zero-order valence-corrected chi connectivity index (χ0v) is 18.3. The Hall–Kier alpha value is -2.58. The highest BCUT2D eigenvalue weighted by Gasteiger charge is 2.32. The van der Waals surface area contributed by atoms with Gasteiger partial charge >= 0.3 is 0 Å². The maximum Gasteiger partial charge on any atom is 0.253 e. The van der Waals surface area contributed by atoms with Gasteiger partial charge in [0.1, 0.15) is 6.04 Å². The molecular formula is C23H30N6O2. The summed E-state index contributed by atoms with van der Waals surface area (Å²) in [6.07, 6.45) is 5.67. The summed E-state index contributed by atoms with van der Waals surface area (Å²) in [6.45, 7) is 7.45. The standard InChI is InChI=1S/C23H30N6O2/c1-15-11-17-13-19(23(30)24-20(17)12-16(15)2)21(28-8-4-3-5-9-28)22-25-26-27-29(22)14-18-7-6-10-31-18/h11-13,18,21H,3-10,14H2,1-2H3,(H,24,30)/t18-,21-/m1/s1. The molecule has 3 aromatic rings. The molecule has 2 aliphatic rings. The number of nitrogens with one attached hydrogen (secondary N) is 1. The molecule has 0 bridgehead atoms. The first-order chi connectivity index (χ1) is 15.1. The molecule has 1 N–H and O–H groups in total. The molecule has 5 rings (SSSR count). The molecule has 2 fully saturated rings. The van der Waals surface area contributed by atoms with Gasteiger partial charge in [-0.25, -0.2) is 4.68 Å². The number of fused-ring (bicyclic) bond motifs is 1. The van der Waals surface area contributed by atoms with Crippen LogP contribution in [0.3, 0.4) is 0 Å². The lowest BCUT2D eigenvalue weighted by Gasteiger charge is -2.33. The molecule has 4 heterocycles. The largest absolute Gasteiger partial charge is 0.376 e. The number of hydrogen-bond donors (Lipinski definition) is 1. The first kappa shape index (κ1) is 20.3. The average Bonchev–Trinajstić information content (AvgIpc) is 3.44. The van der Waals surface area contributed by atoms with Crippen LogP contribution in [-0.4, -0.2) is 55.9 Å². The average molecular weight is 423 g/mol. The fourth-order valence-corrected chi connectivity index (χ4v) is 4.89. The predicted octanol–water partition coefficient (Wildman–Crippen LogP) is 2.89. The number of piperidine rings is 1. The van der Waals surface area contributed by atoms with Gasteiger partial charge in [0.15, 0.2) is 5.82 Å². The number of nitrogens with zero attached hydrogens (tertiary/aromatic N) is 5. The van der Waals surface area contributed by atoms with E-state index < -0.39 is 0 Å². The van der Waals surface area contributed by atoms with Crippen LogP contribution in [0.25, 0.3) is 10.9 Å². The minimum Gasteiger partial charge on any atom is -0.376 e. The zero-order valence-electron chi connectivity index (χ0n) is 18.3. The second-order valence-corrected chi connectivity index (χ2v) is 8.93. The van der Waals surface area contributed by atoms with Gasteiger partial charge < -0.3 is 9.72 Å². The second kappa shape index (κ2) is 8.51. The molecule has 0 spiro atoms. The van der Waals surface area contributed by atoms with Gasteiger partial charge in [0.05, 0.1) is 12.6 Å². The molecule has 0 radical (unpaired) electrons. The van der Waals surface area contributed by atoms with Crippen molar-refractivity contribution in [3.05, 3.63) is 51.1 Å². The summed E-state index contributed by atoms with van der Waals surface area (Å²) in [4.78, 5) is 18.8. The lowest BCUT2D eigenvalue weighted by atomic mass is 9.99. The Morgan fingerprint density at radius 2 is 1.94 bits per heavy atom. The van der Waals surface area contributed by atoms with Gasteiger partial charge in [-0.2, -0.15) is 0 Å². The van der Waals surface area contributed by atoms with Crippen LogP contribution in [0.4, 0.5) is 0 Å². The number of tetrazole rings is 1. The summed E-state index contributed by atoms with van der Waals surface area (Å²) in [5.74, 6) is 0.728. The van der Waals surface area contributed by atoms with Gasteiger partial charge in [-0.05, 0) is 97.8 Å². The normalized spacial score (nSPS) is 21.0. The Morgan fingerprint density at radius 3 is 2.71 bits per heavy atom. The molecule has 8 heteroatoms. The number of aryl methyl sites for hydroxylation is 2. The van der Waals surface area contributed by atoms with Crippen molar-refractivity contribution in [2.24, 2.45) is 0 Å². The first-order valence-corrected chi connectivity index (χ1v) is 11.4. The van der Waals surface area contributed by atoms with Gasteiger partial charge in [0, 0.05) is 17.7 Å². The van der Waals surface area contributed by atoms with Crippen LogP contribution in [0.2, 0.25) is 0 Å². The molecule has 2 saturated heterocycles. The van der Waals surface area contributed by atoms with E-state index in [1.165, 1.54) is 17.5 Å². The Bertz CT molecular complexity index is 1120. The zero-order chi connectivity index (χ0) is 21.4. The van der Waals surface area contributed by atoms with Crippen LogP contribution in [0.15, 0.2) is 23.0 Å². The molecule has 8 nitrogen and oxygen atoms in total. The smallest absolute Gasteiger partial charge is 0.253 e. The highest BCUT2D eigenvalue weighted by Crippen LogP contribution is 2.30. The van der Waals surface area contributed by atoms with E-state index in [2.05, 4.69) is 45.3 Å². The van der Waals surface area contributed by atoms with Crippen molar-refractivity contribution >= 4 is 10.9 Å². The molecular weight excluding hydrogens is 392 g/mol. The van der Waals surface area contributed by atoms with E-state index in [0.29, 0.717) is 12.1 Å². The molecule has 31 heavy (non-hydrogen) atoms. The monoisotopic (exact) mass is 422 g/mol. The van der Waals surface area contributed by atoms with Crippen LogP contribution in [-0.2, 0) is 11.3 Å². The number of likely N-dealkylation sites (tertiary alicyclic amines) is 1. The maximum absolute atomic E-state index is 13.3. The predicted molar refractivity (Wildman–Crippen MR) is 118 cm³/mol. The summed E-state index contributed by atoms with van der Waals surface area (Å²) >= 11 is 0. The fourth-order valence-electron chi connectivity index (χ4n) is 4.89.